The van der Waals surface area contributed by atoms with Gasteiger partial charge in [0.1, 0.15) is 0 Å². The summed E-state index contributed by atoms with van der Waals surface area (Å²) in [5.74, 6) is 0. The zero-order valence-electron chi connectivity index (χ0n) is 10.7. The van der Waals surface area contributed by atoms with E-state index in [4.69, 9.17) is 8.22 Å². The van der Waals surface area contributed by atoms with Crippen LogP contribution in [0.5, 0.6) is 0 Å². The van der Waals surface area contributed by atoms with E-state index in [2.05, 4.69) is 5.32 Å². The number of piperidine rings is 1. The molecule has 1 saturated heterocycles. The minimum Gasteiger partial charge on any atom is -0.312 e. The highest BCUT2D eigenvalue weighted by Gasteiger charge is 2.18. The molecule has 1 heteroatoms. The Bertz CT molecular complexity index is 183. The van der Waals surface area contributed by atoms with Crippen LogP contribution in [-0.2, 0) is 0 Å². The van der Waals surface area contributed by atoms with Gasteiger partial charge in [-0.2, -0.15) is 0 Å². The lowest BCUT2D eigenvalue weighted by Gasteiger charge is -2.30. The van der Waals surface area contributed by atoms with Crippen LogP contribution in [-0.4, -0.2) is 12.1 Å². The average molecular weight is 118 g/mol. The molecule has 1 aliphatic rings. The van der Waals surface area contributed by atoms with Gasteiger partial charge in [0.15, 0.2) is 0 Å². The summed E-state index contributed by atoms with van der Waals surface area (Å²) in [6.45, 7) is -4.64. The normalized spacial score (nSPS) is 42.0. The second-order valence-electron chi connectivity index (χ2n) is 2.11. The van der Waals surface area contributed by atoms with E-state index in [0.29, 0.717) is 13.0 Å². The predicted octanol–water partition coefficient (Wildman–Crippen LogP) is 1.35. The van der Waals surface area contributed by atoms with Crippen LogP contribution in [0.15, 0.2) is 0 Å². The molecule has 1 N–H and O–H groups in total. The summed E-state index contributed by atoms with van der Waals surface area (Å²) in [4.78, 5) is 0. The molecule has 47 valence electrons. The Balaban J connectivity index is 3.01. The van der Waals surface area contributed by atoms with Gasteiger partial charge in [0, 0.05) is 13.8 Å². The van der Waals surface area contributed by atoms with Crippen LogP contribution in [0.1, 0.15) is 34.8 Å². The molecule has 1 fully saturated rings. The van der Waals surface area contributed by atoms with Crippen molar-refractivity contribution >= 4 is 0 Å². The number of rotatable bonds is 0. The Morgan fingerprint density at radius 3 is 3.00 bits per heavy atom. The van der Waals surface area contributed by atoms with E-state index >= 15 is 0 Å². The minimum atomic E-state index is -2.49. The first-order valence-corrected chi connectivity index (χ1v) is 2.77. The van der Waals surface area contributed by atoms with Crippen molar-refractivity contribution in [3.63, 3.8) is 0 Å². The standard InChI is InChI=1S/C7H14N/c1-7(2)5-3-4-6-8-7/h4,8H,3,5-6H2,1-2H3/i1D3,2D3. The van der Waals surface area contributed by atoms with Crippen molar-refractivity contribution in [2.75, 3.05) is 6.54 Å². The van der Waals surface area contributed by atoms with Gasteiger partial charge in [-0.1, -0.05) is 0 Å². The number of hydrogen-bond donors (Lipinski definition) is 1. The second kappa shape index (κ2) is 2.06. The van der Waals surface area contributed by atoms with Crippen LogP contribution in [0.25, 0.3) is 0 Å². The smallest absolute Gasteiger partial charge is 0.0249 e. The van der Waals surface area contributed by atoms with Crippen molar-refractivity contribution in [2.45, 2.75) is 32.1 Å². The minimum absolute atomic E-state index is 0.139. The molecule has 0 bridgehead atoms. The Labute approximate surface area is 59.9 Å². The van der Waals surface area contributed by atoms with Gasteiger partial charge in [0.05, 0.1) is 0 Å². The fraction of sp³-hybridized carbons (Fsp3) is 0.857. The monoisotopic (exact) mass is 118 g/mol. The van der Waals surface area contributed by atoms with E-state index in [9.17, 15) is 0 Å². The quantitative estimate of drug-likeness (QED) is 0.506. The Morgan fingerprint density at radius 2 is 2.62 bits per heavy atom. The molecule has 0 saturated carbocycles. The maximum Gasteiger partial charge on any atom is 0.0249 e. The fourth-order valence-electron chi connectivity index (χ4n) is 0.755. The van der Waals surface area contributed by atoms with Gasteiger partial charge >= 0.3 is 0 Å². The fourth-order valence-corrected chi connectivity index (χ4v) is 0.755. The molecule has 0 aromatic heterocycles. The lowest BCUT2D eigenvalue weighted by atomic mass is 9.93. The summed E-state index contributed by atoms with van der Waals surface area (Å²) in [7, 11) is 0. The van der Waals surface area contributed by atoms with Crippen LogP contribution in [0.4, 0.5) is 0 Å². The molecule has 0 spiro atoms. The largest absolute Gasteiger partial charge is 0.312 e. The molecular formula is C7H14N. The predicted molar refractivity (Wildman–Crippen MR) is 35.6 cm³/mol. The molecule has 8 heavy (non-hydrogen) atoms. The Kier molecular flexibility index (Phi) is 0.509. The van der Waals surface area contributed by atoms with Gasteiger partial charge < -0.3 is 5.32 Å². The van der Waals surface area contributed by atoms with Crippen molar-refractivity contribution in [3.8, 4) is 0 Å². The van der Waals surface area contributed by atoms with Crippen LogP contribution in [0.2, 0.25) is 0 Å². The first kappa shape index (κ1) is 1.98. The van der Waals surface area contributed by atoms with Gasteiger partial charge in [0.2, 0.25) is 0 Å². The maximum absolute atomic E-state index is 7.33. The summed E-state index contributed by atoms with van der Waals surface area (Å²) in [5.41, 5.74) is -1.73. The highest BCUT2D eigenvalue weighted by molar-refractivity contribution is 4.88. The number of hydrogen-bond acceptors (Lipinski definition) is 1. The van der Waals surface area contributed by atoms with E-state index < -0.39 is 19.2 Å². The topological polar surface area (TPSA) is 12.0 Å². The third-order valence-corrected chi connectivity index (χ3v) is 1.27. The van der Waals surface area contributed by atoms with Crippen LogP contribution in [0.3, 0.4) is 0 Å². The molecule has 0 aliphatic carbocycles. The van der Waals surface area contributed by atoms with Crippen LogP contribution >= 0.6 is 0 Å². The molecule has 0 unspecified atom stereocenters. The van der Waals surface area contributed by atoms with Gasteiger partial charge in [0.25, 0.3) is 0 Å². The molecular weight excluding hydrogens is 98.1 g/mol. The lowest BCUT2D eigenvalue weighted by molar-refractivity contribution is 0.340. The molecule has 0 aromatic carbocycles. The molecule has 0 atom stereocenters. The molecule has 1 aliphatic heterocycles. The highest BCUT2D eigenvalue weighted by atomic mass is 15.0. The average Bonchev–Trinajstić information content (AvgIpc) is 2.02. The lowest BCUT2D eigenvalue weighted by Crippen LogP contribution is -2.43. The van der Waals surface area contributed by atoms with Crippen molar-refractivity contribution < 1.29 is 8.22 Å². The SMILES string of the molecule is [2H]C([2H])([2H])C1(C([2H])([2H])[2H])CC[CH]CN1. The Hall–Kier alpha value is -0.0400. The van der Waals surface area contributed by atoms with Crippen molar-refractivity contribution in [3.05, 3.63) is 6.42 Å². The van der Waals surface area contributed by atoms with Gasteiger partial charge in [-0.15, -0.1) is 0 Å². The molecule has 0 amide bonds. The van der Waals surface area contributed by atoms with Crippen LogP contribution < -0.4 is 5.32 Å². The first-order valence-electron chi connectivity index (χ1n) is 5.77. The van der Waals surface area contributed by atoms with E-state index in [-0.39, 0.29) is 6.42 Å². The molecule has 1 heterocycles. The molecule has 1 radical (unpaired) electrons. The Morgan fingerprint density at radius 1 is 1.75 bits per heavy atom. The second-order valence-corrected chi connectivity index (χ2v) is 2.11. The highest BCUT2D eigenvalue weighted by Crippen LogP contribution is 2.15. The van der Waals surface area contributed by atoms with Gasteiger partial charge in [-0.25, -0.2) is 0 Å². The van der Waals surface area contributed by atoms with E-state index in [1.807, 2.05) is 6.42 Å². The molecule has 1 rings (SSSR count). The number of nitrogens with one attached hydrogen (secondary N) is 1. The third-order valence-electron chi connectivity index (χ3n) is 1.27. The van der Waals surface area contributed by atoms with Gasteiger partial charge in [-0.05, 0) is 39.5 Å². The van der Waals surface area contributed by atoms with Crippen molar-refractivity contribution in [1.29, 1.82) is 0 Å². The van der Waals surface area contributed by atoms with Crippen molar-refractivity contribution in [2.24, 2.45) is 0 Å². The summed E-state index contributed by atoms with van der Waals surface area (Å²) < 4.78 is 44.0. The van der Waals surface area contributed by atoms with Crippen LogP contribution in [0, 0.1) is 6.42 Å². The third kappa shape index (κ3) is 1.48. The summed E-state index contributed by atoms with van der Waals surface area (Å²) >= 11 is 0. The van der Waals surface area contributed by atoms with E-state index in [0.717, 1.165) is 0 Å². The van der Waals surface area contributed by atoms with Crippen molar-refractivity contribution in [1.82, 2.24) is 5.32 Å². The summed E-state index contributed by atoms with van der Waals surface area (Å²) in [5, 5.41) is 2.63. The van der Waals surface area contributed by atoms with Gasteiger partial charge in [-0.3, -0.25) is 0 Å². The zero-order chi connectivity index (χ0) is 11.0. The summed E-state index contributed by atoms with van der Waals surface area (Å²) in [6.07, 6.45) is 2.53. The summed E-state index contributed by atoms with van der Waals surface area (Å²) in [6, 6.07) is 0. The first-order chi connectivity index (χ1) is 6.21. The van der Waals surface area contributed by atoms with E-state index in [1.165, 1.54) is 0 Å². The molecule has 0 aromatic rings. The zero-order valence-corrected chi connectivity index (χ0v) is 4.70. The van der Waals surface area contributed by atoms with E-state index in [1.54, 1.807) is 0 Å². The molecule has 1 nitrogen and oxygen atoms in total. The maximum atomic E-state index is 7.33.